The zero-order chi connectivity index (χ0) is 43.6. The van der Waals surface area contributed by atoms with Gasteiger partial charge in [-0.25, -0.2) is 0 Å². The van der Waals surface area contributed by atoms with Gasteiger partial charge < -0.3 is 43.0 Å². The minimum Gasteiger partial charge on any atom is -0.421 e. The summed E-state index contributed by atoms with van der Waals surface area (Å²) in [7, 11) is 1.91. The largest absolute Gasteiger partial charge is 0.421 e. The third-order valence-corrected chi connectivity index (χ3v) is 18.9. The molecule has 0 aliphatic carbocycles. The lowest BCUT2D eigenvalue weighted by molar-refractivity contribution is 0.0949. The number of aromatic nitrogens is 3. The Labute approximate surface area is 356 Å². The fourth-order valence-electron chi connectivity index (χ4n) is 5.97. The molecule has 0 unspecified atom stereocenters. The number of aliphatic hydroxyl groups is 3. The van der Waals surface area contributed by atoms with E-state index in [2.05, 4.69) is 151 Å². The zero-order valence-corrected chi connectivity index (χ0v) is 40.3. The number of rotatable bonds is 12. The predicted molar refractivity (Wildman–Crippen MR) is 252 cm³/mol. The van der Waals surface area contributed by atoms with Crippen LogP contribution in [0.1, 0.15) is 66.8 Å². The normalized spacial score (nSPS) is 15.7. The lowest BCUT2D eigenvalue weighted by Crippen LogP contribution is -2.41. The lowest BCUT2D eigenvalue weighted by Gasteiger charge is -2.38. The van der Waals surface area contributed by atoms with Gasteiger partial charge in [0, 0.05) is 61.1 Å². The number of hydrogen-bond donors (Lipinski definition) is 4. The first kappa shape index (κ1) is 48.1. The Morgan fingerprint density at radius 1 is 0.797 bits per heavy atom. The molecule has 9 nitrogen and oxygen atoms in total. The molecule has 11 heteroatoms. The van der Waals surface area contributed by atoms with Crippen molar-refractivity contribution in [1.29, 1.82) is 0 Å². The van der Waals surface area contributed by atoms with Gasteiger partial charge in [-0.3, -0.25) is 0 Å². The predicted octanol–water partition coefficient (Wildman–Crippen LogP) is 9.08. The molecule has 3 aromatic heterocycles. The van der Waals surface area contributed by atoms with Crippen molar-refractivity contribution >= 4 is 50.8 Å². The summed E-state index contributed by atoms with van der Waals surface area (Å²) < 4.78 is 21.3. The Hall–Kier alpha value is -3.53. The lowest BCUT2D eigenvalue weighted by atomic mass is 9.82. The van der Waals surface area contributed by atoms with Crippen molar-refractivity contribution in [2.24, 2.45) is 19.5 Å². The summed E-state index contributed by atoms with van der Waals surface area (Å²) >= 11 is 0. The van der Waals surface area contributed by atoms with Crippen LogP contribution in [0, 0.1) is 5.41 Å². The second kappa shape index (κ2) is 20.8. The summed E-state index contributed by atoms with van der Waals surface area (Å²) in [5, 5.41) is 32.5. The van der Waals surface area contributed by atoms with Gasteiger partial charge in [0.15, 0.2) is 18.1 Å². The Morgan fingerprint density at radius 3 is 1.95 bits per heavy atom. The van der Waals surface area contributed by atoms with E-state index in [0.717, 1.165) is 35.5 Å². The summed E-state index contributed by atoms with van der Waals surface area (Å²) in [5.74, 6) is 0. The maximum Gasteiger partial charge on any atom is 0.192 e. The topological polar surface area (TPSA) is 117 Å². The third-order valence-electron chi connectivity index (χ3n) is 12.2. The van der Waals surface area contributed by atoms with E-state index in [9.17, 15) is 10.2 Å². The van der Waals surface area contributed by atoms with Gasteiger partial charge in [-0.15, -0.1) is 0 Å². The molecule has 59 heavy (non-hydrogen) atoms. The van der Waals surface area contributed by atoms with Crippen LogP contribution in [-0.4, -0.2) is 92.3 Å². The van der Waals surface area contributed by atoms with Gasteiger partial charge in [0.25, 0.3) is 0 Å². The second-order valence-electron chi connectivity index (χ2n) is 19.2. The molecule has 0 amide bonds. The molecule has 1 aliphatic rings. The summed E-state index contributed by atoms with van der Waals surface area (Å²) in [4.78, 5) is 3.19. The number of nitrogens with one attached hydrogen (secondary N) is 1. The molecule has 324 valence electrons. The first-order chi connectivity index (χ1) is 27.6. The smallest absolute Gasteiger partial charge is 0.192 e. The van der Waals surface area contributed by atoms with Crippen LogP contribution in [0.3, 0.4) is 0 Å². The molecule has 6 aromatic rings. The zero-order valence-electron chi connectivity index (χ0n) is 37.9. The molecule has 0 radical (unpaired) electrons. The van der Waals surface area contributed by atoms with E-state index in [1.54, 1.807) is 0 Å². The van der Waals surface area contributed by atoms with Crippen molar-refractivity contribution in [3.8, 4) is 0 Å². The maximum absolute atomic E-state index is 10.3. The van der Waals surface area contributed by atoms with Crippen LogP contribution in [0.4, 0.5) is 0 Å². The van der Waals surface area contributed by atoms with Crippen molar-refractivity contribution in [2.75, 3.05) is 26.4 Å². The van der Waals surface area contributed by atoms with Crippen LogP contribution >= 0.6 is 0 Å². The van der Waals surface area contributed by atoms with Crippen LogP contribution in [0.15, 0.2) is 97.2 Å². The number of H-pyrrole nitrogens is 1. The van der Waals surface area contributed by atoms with Gasteiger partial charge in [0.05, 0.1) is 38.6 Å². The molecule has 0 bridgehead atoms. The molecule has 0 spiro atoms. The summed E-state index contributed by atoms with van der Waals surface area (Å²) in [6.45, 7) is 24.6. The average molecular weight is 844 g/mol. The first-order valence-corrected chi connectivity index (χ1v) is 25.2. The van der Waals surface area contributed by atoms with Crippen molar-refractivity contribution in [1.82, 2.24) is 14.1 Å². The number of fused-ring (bicyclic) bond motifs is 3. The Balaban J connectivity index is 0.000000183. The fourth-order valence-corrected chi connectivity index (χ4v) is 8.34. The summed E-state index contributed by atoms with van der Waals surface area (Å²) in [6.07, 6.45) is 2.45. The van der Waals surface area contributed by atoms with Crippen molar-refractivity contribution < 1.29 is 28.9 Å². The molecule has 1 fully saturated rings. The van der Waals surface area contributed by atoms with E-state index in [4.69, 9.17) is 18.7 Å². The van der Waals surface area contributed by atoms with Gasteiger partial charge in [-0.1, -0.05) is 110 Å². The number of epoxide rings is 1. The van der Waals surface area contributed by atoms with E-state index < -0.39 is 30.3 Å². The highest BCUT2D eigenvalue weighted by molar-refractivity contribution is 6.74. The van der Waals surface area contributed by atoms with Gasteiger partial charge in [-0.05, 0) is 81.1 Å². The molecule has 4 heterocycles. The molecule has 4 N–H and O–H groups in total. The molecule has 1 aliphatic heterocycles. The van der Waals surface area contributed by atoms with Crippen LogP contribution in [0.2, 0.25) is 23.2 Å². The Bertz CT molecular complexity index is 2140. The SMILES string of the molecule is CC(C)(C)[Si](C)(C)OC[C@@H]1CO1.Cn1c(C[C@@H](O)CO[SiH2]C(C)(C)C(C)(C)C)cc2ccccc21.Cn1ccc2ccccc21.OC[C@H](O)Cc1cc2ccccc2[nH]1. The Kier molecular flexibility index (Phi) is 17.0. The highest BCUT2D eigenvalue weighted by atomic mass is 28.4. The van der Waals surface area contributed by atoms with Crippen LogP contribution in [0.25, 0.3) is 32.7 Å². The molecule has 0 saturated carbocycles. The van der Waals surface area contributed by atoms with Crippen LogP contribution in [-0.2, 0) is 40.5 Å². The van der Waals surface area contributed by atoms with E-state index in [1.165, 1.54) is 21.8 Å². The minimum absolute atomic E-state index is 0.199. The molecule has 1 saturated heterocycles. The van der Waals surface area contributed by atoms with E-state index in [-0.39, 0.29) is 17.1 Å². The number of ether oxygens (including phenoxy) is 1. The molecule has 3 aromatic carbocycles. The molecule has 7 rings (SSSR count). The van der Waals surface area contributed by atoms with Gasteiger partial charge in [0.1, 0.15) is 6.10 Å². The maximum atomic E-state index is 10.3. The van der Waals surface area contributed by atoms with E-state index in [1.807, 2.05) is 42.5 Å². The van der Waals surface area contributed by atoms with Gasteiger partial charge >= 0.3 is 0 Å². The highest BCUT2D eigenvalue weighted by Crippen LogP contribution is 2.43. The number of aromatic amines is 1. The second-order valence-corrected chi connectivity index (χ2v) is 26.5. The molecular weight excluding hydrogens is 771 g/mol. The monoisotopic (exact) mass is 844 g/mol. The van der Waals surface area contributed by atoms with Gasteiger partial charge in [0.2, 0.25) is 0 Å². The Morgan fingerprint density at radius 2 is 1.39 bits per heavy atom. The number of aryl methyl sites for hydroxylation is 2. The van der Waals surface area contributed by atoms with Crippen molar-refractivity contribution in [3.05, 3.63) is 109 Å². The fraction of sp³-hybridized carbons (Fsp3) is 0.500. The van der Waals surface area contributed by atoms with Crippen molar-refractivity contribution in [3.63, 3.8) is 0 Å². The standard InChI is InChI=1S/C19H31NO2Si.C11H13NO2.C9H9N.C9H20O2Si/c1-18(2,3)19(4,5)23-22-13-16(21)12-15-11-14-9-7-8-10-17(14)20(15)6;13-7-10(14)6-9-5-8-3-1-2-4-11(8)12-9;1-10-7-6-8-4-2-3-5-9(8)10;1-9(2,3)12(4,5)11-7-8-6-10-8/h7-11,16,21H,12-13,23H2,1-6H3;1-5,10,12-14H,6-7H2;2-7H,1H3;8H,6-7H2,1-5H3/t16-;10-;;8-/m11.0/s1. The van der Waals surface area contributed by atoms with E-state index >= 15 is 0 Å². The third kappa shape index (κ3) is 14.3. The summed E-state index contributed by atoms with van der Waals surface area (Å²) in [6, 6.07) is 30.9. The number of aliphatic hydroxyl groups excluding tert-OH is 3. The van der Waals surface area contributed by atoms with E-state index in [0.29, 0.717) is 30.6 Å². The average Bonchev–Trinajstić information content (AvgIpc) is 3.69. The number of benzene rings is 3. The first-order valence-electron chi connectivity index (χ1n) is 21.0. The number of nitrogens with zero attached hydrogens (tertiary/aromatic N) is 2. The number of hydrogen-bond acceptors (Lipinski definition) is 6. The number of para-hydroxylation sites is 3. The molecule has 3 atom stereocenters. The van der Waals surface area contributed by atoms with Crippen molar-refractivity contribution in [2.45, 2.75) is 110 Å². The summed E-state index contributed by atoms with van der Waals surface area (Å²) in [5.41, 5.74) is 5.90. The minimum atomic E-state index is -1.51. The van der Waals surface area contributed by atoms with Gasteiger partial charge in [-0.2, -0.15) is 0 Å². The van der Waals surface area contributed by atoms with Crippen LogP contribution < -0.4 is 0 Å². The highest BCUT2D eigenvalue weighted by Gasteiger charge is 2.39. The van der Waals surface area contributed by atoms with Crippen LogP contribution in [0.5, 0.6) is 0 Å². The quantitative estimate of drug-likeness (QED) is 0.0722. The molecular formula is C48H73N3O6Si2.